The summed E-state index contributed by atoms with van der Waals surface area (Å²) in [5.74, 6) is -2.46. The topological polar surface area (TPSA) is 96.4 Å². The molecule has 0 radical (unpaired) electrons. The number of nitrogens with zero attached hydrogens (tertiary/aromatic N) is 2. The summed E-state index contributed by atoms with van der Waals surface area (Å²) < 4.78 is 12.6. The number of hydrogen-bond donors (Lipinski definition) is 1. The lowest BCUT2D eigenvalue weighted by Crippen LogP contribution is -2.60. The van der Waals surface area contributed by atoms with Gasteiger partial charge in [-0.15, -0.1) is 0 Å². The molecule has 2 fully saturated rings. The first-order valence-electron chi connectivity index (χ1n) is 15.2. The van der Waals surface area contributed by atoms with Crippen LogP contribution in [0.15, 0.2) is 24.3 Å². The van der Waals surface area contributed by atoms with Crippen molar-refractivity contribution in [3.05, 3.63) is 24.3 Å². The number of aliphatic hydroxyl groups is 1. The van der Waals surface area contributed by atoms with Crippen LogP contribution in [0.1, 0.15) is 92.9 Å². The summed E-state index contributed by atoms with van der Waals surface area (Å²) in [6.07, 6.45) is 14.2. The summed E-state index contributed by atoms with van der Waals surface area (Å²) >= 11 is 0. The Bertz CT molecular complexity index is 1030. The van der Waals surface area contributed by atoms with Gasteiger partial charge in [0, 0.05) is 25.2 Å². The van der Waals surface area contributed by atoms with Gasteiger partial charge in [-0.1, -0.05) is 57.9 Å². The SMILES string of the molecule is CC(C)(C)CC(C)(C)N1CC=C[C@]23O[C@]4(C)/C=C\CCCCOC(=O)[C@@H]4[C@H]2C(=O)N(CCCCCCO)C3C1=O. The van der Waals surface area contributed by atoms with Gasteiger partial charge in [0.05, 0.1) is 18.1 Å². The molecule has 0 aliphatic carbocycles. The van der Waals surface area contributed by atoms with Crippen LogP contribution in [0.4, 0.5) is 0 Å². The van der Waals surface area contributed by atoms with Gasteiger partial charge >= 0.3 is 5.97 Å². The second-order valence-corrected chi connectivity index (χ2v) is 14.1. The smallest absolute Gasteiger partial charge is 0.313 e. The largest absolute Gasteiger partial charge is 0.465 e. The molecule has 4 heterocycles. The summed E-state index contributed by atoms with van der Waals surface area (Å²) in [6.45, 7) is 13.8. The Hall–Kier alpha value is -2.19. The molecule has 4 aliphatic rings. The fourth-order valence-corrected chi connectivity index (χ4v) is 7.72. The lowest BCUT2D eigenvalue weighted by molar-refractivity contribution is -0.161. The van der Waals surface area contributed by atoms with E-state index in [1.54, 1.807) is 4.90 Å². The maximum Gasteiger partial charge on any atom is 0.313 e. The summed E-state index contributed by atoms with van der Waals surface area (Å²) in [7, 11) is 0. The first kappa shape index (κ1) is 30.8. The monoisotopic (exact) mass is 558 g/mol. The van der Waals surface area contributed by atoms with Crippen LogP contribution < -0.4 is 0 Å². The van der Waals surface area contributed by atoms with Crippen molar-refractivity contribution in [2.24, 2.45) is 17.3 Å². The molecule has 4 aliphatic heterocycles. The van der Waals surface area contributed by atoms with E-state index in [9.17, 15) is 19.5 Å². The van der Waals surface area contributed by atoms with Crippen LogP contribution in [0.5, 0.6) is 0 Å². The van der Waals surface area contributed by atoms with Gasteiger partial charge < -0.3 is 24.4 Å². The number of amides is 2. The second-order valence-electron chi connectivity index (χ2n) is 14.1. The molecule has 8 heteroatoms. The molecule has 224 valence electrons. The Morgan fingerprint density at radius 2 is 1.68 bits per heavy atom. The van der Waals surface area contributed by atoms with Crippen LogP contribution in [0.2, 0.25) is 0 Å². The van der Waals surface area contributed by atoms with Crippen molar-refractivity contribution in [1.82, 2.24) is 9.80 Å². The number of cyclic esters (lactones) is 1. The molecule has 1 N–H and O–H groups in total. The average molecular weight is 559 g/mol. The van der Waals surface area contributed by atoms with Gasteiger partial charge in [-0.05, 0) is 64.7 Å². The molecule has 5 atom stereocenters. The Morgan fingerprint density at radius 3 is 2.38 bits per heavy atom. The number of rotatable bonds is 8. The highest BCUT2D eigenvalue weighted by Gasteiger charge is 2.74. The number of esters is 1. The average Bonchev–Trinajstić information content (AvgIpc) is 3.16. The van der Waals surface area contributed by atoms with Crippen molar-refractivity contribution in [2.45, 2.75) is 116 Å². The van der Waals surface area contributed by atoms with Gasteiger partial charge in [0.2, 0.25) is 11.8 Å². The molecule has 0 bridgehead atoms. The molecule has 0 saturated carbocycles. The van der Waals surface area contributed by atoms with Crippen LogP contribution in [-0.4, -0.2) is 81.8 Å². The summed E-state index contributed by atoms with van der Waals surface area (Å²) in [5, 5.41) is 9.19. The van der Waals surface area contributed by atoms with Gasteiger partial charge in [0.15, 0.2) is 0 Å². The van der Waals surface area contributed by atoms with E-state index in [2.05, 4.69) is 34.6 Å². The number of aliphatic hydroxyl groups excluding tert-OH is 1. The van der Waals surface area contributed by atoms with Crippen molar-refractivity contribution in [3.8, 4) is 0 Å². The standard InChI is InChI=1S/C32H50N2O6/c1-29(2,3)22-30(4,5)34-19-15-17-32-23(24-28(38)39-21-14-10-7-11-16-31(24,6)40-32)26(36)33(25(32)27(34)37)18-12-8-9-13-20-35/h11,15-17,23-25,35H,7-10,12-14,18-22H2,1-6H3/b16-11-/t23-,24-,25?,31+,32-/m0/s1. The van der Waals surface area contributed by atoms with E-state index in [1.807, 2.05) is 36.1 Å². The third-order valence-corrected chi connectivity index (χ3v) is 9.00. The van der Waals surface area contributed by atoms with E-state index in [0.29, 0.717) is 32.5 Å². The number of carbonyl (C=O) groups is 3. The van der Waals surface area contributed by atoms with Gasteiger partial charge in [-0.2, -0.15) is 0 Å². The first-order chi connectivity index (χ1) is 18.8. The van der Waals surface area contributed by atoms with Crippen LogP contribution in [0.3, 0.4) is 0 Å². The molecular formula is C32H50N2O6. The zero-order chi connectivity index (χ0) is 29.3. The van der Waals surface area contributed by atoms with Crippen molar-refractivity contribution in [2.75, 3.05) is 26.3 Å². The quantitative estimate of drug-likeness (QED) is 0.269. The van der Waals surface area contributed by atoms with Crippen LogP contribution >= 0.6 is 0 Å². The third kappa shape index (κ3) is 5.76. The molecule has 0 aromatic rings. The minimum absolute atomic E-state index is 0.00768. The predicted molar refractivity (Wildman–Crippen MR) is 153 cm³/mol. The Morgan fingerprint density at radius 1 is 0.950 bits per heavy atom. The van der Waals surface area contributed by atoms with E-state index in [-0.39, 0.29) is 23.8 Å². The third-order valence-electron chi connectivity index (χ3n) is 9.00. The highest BCUT2D eigenvalue weighted by molar-refractivity contribution is 5.99. The van der Waals surface area contributed by atoms with Gasteiger partial charge in [-0.3, -0.25) is 14.4 Å². The normalized spacial score (nSPS) is 33.8. The molecule has 40 heavy (non-hydrogen) atoms. The van der Waals surface area contributed by atoms with Crippen molar-refractivity contribution < 1.29 is 29.0 Å². The zero-order valence-corrected chi connectivity index (χ0v) is 25.4. The summed E-state index contributed by atoms with van der Waals surface area (Å²) in [5.41, 5.74) is -2.80. The van der Waals surface area contributed by atoms with E-state index >= 15 is 0 Å². The van der Waals surface area contributed by atoms with Crippen molar-refractivity contribution >= 4 is 17.8 Å². The van der Waals surface area contributed by atoms with Crippen LogP contribution in [-0.2, 0) is 23.9 Å². The minimum atomic E-state index is -1.26. The van der Waals surface area contributed by atoms with Crippen LogP contribution in [0.25, 0.3) is 0 Å². The van der Waals surface area contributed by atoms with Gasteiger partial charge in [0.1, 0.15) is 17.6 Å². The lowest BCUT2D eigenvalue weighted by atomic mass is 9.74. The molecule has 0 aromatic heterocycles. The van der Waals surface area contributed by atoms with Gasteiger partial charge in [-0.25, -0.2) is 0 Å². The maximum absolute atomic E-state index is 14.7. The fraction of sp³-hybridized carbons (Fsp3) is 0.781. The van der Waals surface area contributed by atoms with E-state index < -0.39 is 40.6 Å². The molecule has 1 unspecified atom stereocenters. The van der Waals surface area contributed by atoms with E-state index in [4.69, 9.17) is 9.47 Å². The molecule has 4 rings (SSSR count). The molecule has 1 spiro atoms. The number of unbranched alkanes of at least 4 members (excludes halogenated alkanes) is 3. The van der Waals surface area contributed by atoms with Crippen molar-refractivity contribution in [3.63, 3.8) is 0 Å². The lowest BCUT2D eigenvalue weighted by Gasteiger charge is -2.45. The number of ether oxygens (including phenoxy) is 2. The molecular weight excluding hydrogens is 508 g/mol. The first-order valence-corrected chi connectivity index (χ1v) is 15.2. The number of allylic oxidation sites excluding steroid dienone is 1. The van der Waals surface area contributed by atoms with Gasteiger partial charge in [0.25, 0.3) is 0 Å². The zero-order valence-electron chi connectivity index (χ0n) is 25.4. The Labute approximate surface area is 240 Å². The highest BCUT2D eigenvalue weighted by Crippen LogP contribution is 2.57. The summed E-state index contributed by atoms with van der Waals surface area (Å²) in [6, 6.07) is -0.864. The molecule has 8 nitrogen and oxygen atoms in total. The Kier molecular flexibility index (Phi) is 8.92. The van der Waals surface area contributed by atoms with E-state index in [0.717, 1.165) is 38.5 Å². The Balaban J connectivity index is 1.78. The fourth-order valence-electron chi connectivity index (χ4n) is 7.72. The predicted octanol–water partition coefficient (Wildman–Crippen LogP) is 4.41. The number of fused-ring (bicyclic) bond motifs is 2. The second kappa shape index (κ2) is 11.6. The minimum Gasteiger partial charge on any atom is -0.465 e. The van der Waals surface area contributed by atoms with E-state index in [1.165, 1.54) is 0 Å². The van der Waals surface area contributed by atoms with Crippen LogP contribution in [0, 0.1) is 17.3 Å². The highest BCUT2D eigenvalue weighted by atomic mass is 16.6. The summed E-state index contributed by atoms with van der Waals surface area (Å²) in [4.78, 5) is 46.3. The molecule has 0 aromatic carbocycles. The maximum atomic E-state index is 14.7. The molecule has 2 saturated heterocycles. The number of carbonyl (C=O) groups excluding carboxylic acids is 3. The van der Waals surface area contributed by atoms with Crippen molar-refractivity contribution in [1.29, 1.82) is 0 Å². The number of hydrogen-bond acceptors (Lipinski definition) is 6. The molecule has 2 amide bonds. The number of likely N-dealkylation sites (tertiary alicyclic amines) is 1.